The molecule has 0 spiro atoms. The van der Waals surface area contributed by atoms with Crippen LogP contribution in [0.1, 0.15) is 42.0 Å². The molecule has 0 saturated heterocycles. The van der Waals surface area contributed by atoms with E-state index in [0.29, 0.717) is 0 Å². The van der Waals surface area contributed by atoms with E-state index in [0.717, 1.165) is 43.7 Å². The van der Waals surface area contributed by atoms with Crippen LogP contribution in [0.25, 0.3) is 11.4 Å². The highest BCUT2D eigenvalue weighted by Crippen LogP contribution is 2.39. The van der Waals surface area contributed by atoms with E-state index in [1.807, 2.05) is 0 Å². The molecule has 0 radical (unpaired) electrons. The smallest absolute Gasteiger partial charge is 0.119 e. The number of ether oxygens (including phenoxy) is 2. The Kier molecular flexibility index (Phi) is 4.93. The molecule has 140 valence electrons. The number of rotatable bonds is 5. The Balaban J connectivity index is 1.79. The van der Waals surface area contributed by atoms with Crippen LogP contribution in [0.4, 0.5) is 0 Å². The van der Waals surface area contributed by atoms with E-state index in [9.17, 15) is 0 Å². The number of fused-ring (bicyclic) bond motifs is 2. The third-order valence-corrected chi connectivity index (χ3v) is 5.59. The maximum absolute atomic E-state index is 5.50. The second-order valence-corrected chi connectivity index (χ2v) is 7.05. The normalized spacial score (nSPS) is 15.2. The number of methoxy groups -OCH3 is 2. The van der Waals surface area contributed by atoms with Gasteiger partial charge in [-0.2, -0.15) is 0 Å². The highest BCUT2D eigenvalue weighted by atomic mass is 16.5. The maximum Gasteiger partial charge on any atom is 0.119 e. The molecule has 0 heterocycles. The fraction of sp³-hybridized carbons (Fsp3) is 0.333. The molecule has 27 heavy (non-hydrogen) atoms. The summed E-state index contributed by atoms with van der Waals surface area (Å²) in [4.78, 5) is 2.45. The summed E-state index contributed by atoms with van der Waals surface area (Å²) in [5.41, 5.74) is 7.96. The minimum absolute atomic E-state index is 0.914. The quantitative estimate of drug-likeness (QED) is 0.721. The summed E-state index contributed by atoms with van der Waals surface area (Å²) >= 11 is 0. The summed E-state index contributed by atoms with van der Waals surface area (Å²) in [5, 5.41) is 0. The minimum Gasteiger partial charge on any atom is -0.497 e. The Bertz CT molecular complexity index is 837. The van der Waals surface area contributed by atoms with E-state index in [-0.39, 0.29) is 0 Å². The lowest BCUT2D eigenvalue weighted by atomic mass is 9.90. The topological polar surface area (TPSA) is 21.7 Å². The fourth-order valence-electron chi connectivity index (χ4n) is 4.21. The third-order valence-electron chi connectivity index (χ3n) is 5.59. The van der Waals surface area contributed by atoms with E-state index >= 15 is 0 Å². The first kappa shape index (κ1) is 17.7. The molecular weight excluding hydrogens is 334 g/mol. The Morgan fingerprint density at radius 3 is 1.67 bits per heavy atom. The first-order chi connectivity index (χ1) is 13.2. The average Bonchev–Trinajstić information content (AvgIpc) is 2.73. The molecule has 0 unspecified atom stereocenters. The second kappa shape index (κ2) is 7.51. The highest BCUT2D eigenvalue weighted by Gasteiger charge is 2.24. The van der Waals surface area contributed by atoms with Crippen LogP contribution in [-0.2, 0) is 12.8 Å². The predicted molar refractivity (Wildman–Crippen MR) is 111 cm³/mol. The van der Waals surface area contributed by atoms with Gasteiger partial charge in [-0.15, -0.1) is 0 Å². The number of nitrogens with zero attached hydrogens (tertiary/aromatic N) is 1. The SMILES string of the molecule is CCN(C1=CCCc2ccc(OC)cc21)C1=CCCc2ccc(OC)cc21. The van der Waals surface area contributed by atoms with Crippen LogP contribution in [0.3, 0.4) is 0 Å². The van der Waals surface area contributed by atoms with Crippen molar-refractivity contribution in [1.29, 1.82) is 0 Å². The van der Waals surface area contributed by atoms with Gasteiger partial charge in [-0.3, -0.25) is 0 Å². The summed E-state index contributed by atoms with van der Waals surface area (Å²) in [6.07, 6.45) is 9.07. The minimum atomic E-state index is 0.914. The van der Waals surface area contributed by atoms with Crippen LogP contribution in [0.15, 0.2) is 48.6 Å². The lowest BCUT2D eigenvalue weighted by Gasteiger charge is -2.34. The van der Waals surface area contributed by atoms with E-state index in [1.54, 1.807) is 14.2 Å². The zero-order valence-electron chi connectivity index (χ0n) is 16.4. The summed E-state index contributed by atoms with van der Waals surface area (Å²) in [6, 6.07) is 12.9. The van der Waals surface area contributed by atoms with Crippen LogP contribution >= 0.6 is 0 Å². The number of allylic oxidation sites excluding steroid dienone is 2. The number of hydrogen-bond donors (Lipinski definition) is 0. The summed E-state index contributed by atoms with van der Waals surface area (Å²) < 4.78 is 11.0. The lowest BCUT2D eigenvalue weighted by Crippen LogP contribution is -2.24. The molecule has 2 aromatic rings. The molecule has 3 nitrogen and oxygen atoms in total. The molecule has 0 N–H and O–H groups in total. The molecular formula is C24H27NO2. The zero-order valence-corrected chi connectivity index (χ0v) is 16.4. The molecule has 0 bridgehead atoms. The molecule has 0 saturated carbocycles. The average molecular weight is 361 g/mol. The number of hydrogen-bond acceptors (Lipinski definition) is 3. The van der Waals surface area contributed by atoms with Gasteiger partial charge in [0.2, 0.25) is 0 Å². The van der Waals surface area contributed by atoms with E-state index in [2.05, 4.69) is 60.4 Å². The maximum atomic E-state index is 5.50. The Labute approximate surface area is 161 Å². The summed E-state index contributed by atoms with van der Waals surface area (Å²) in [6.45, 7) is 3.15. The van der Waals surface area contributed by atoms with Crippen LogP contribution < -0.4 is 9.47 Å². The van der Waals surface area contributed by atoms with Gasteiger partial charge in [-0.25, -0.2) is 0 Å². The van der Waals surface area contributed by atoms with Gasteiger partial charge in [0.05, 0.1) is 14.2 Å². The first-order valence-electron chi connectivity index (χ1n) is 9.77. The molecule has 0 aliphatic heterocycles. The van der Waals surface area contributed by atoms with Crippen molar-refractivity contribution in [2.24, 2.45) is 0 Å². The van der Waals surface area contributed by atoms with Crippen molar-refractivity contribution in [1.82, 2.24) is 4.90 Å². The molecule has 4 rings (SSSR count). The molecule has 0 amide bonds. The van der Waals surface area contributed by atoms with Crippen molar-refractivity contribution in [2.75, 3.05) is 20.8 Å². The Morgan fingerprint density at radius 1 is 0.778 bits per heavy atom. The molecule has 3 heteroatoms. The van der Waals surface area contributed by atoms with Gasteiger partial charge in [0.25, 0.3) is 0 Å². The van der Waals surface area contributed by atoms with Crippen LogP contribution in [0, 0.1) is 0 Å². The number of aryl methyl sites for hydroxylation is 2. The number of benzene rings is 2. The summed E-state index contributed by atoms with van der Waals surface area (Å²) in [7, 11) is 3.47. The third kappa shape index (κ3) is 3.23. The molecule has 0 fully saturated rings. The van der Waals surface area contributed by atoms with E-state index in [1.165, 1.54) is 33.6 Å². The van der Waals surface area contributed by atoms with Crippen molar-refractivity contribution in [3.8, 4) is 11.5 Å². The monoisotopic (exact) mass is 361 g/mol. The zero-order chi connectivity index (χ0) is 18.8. The van der Waals surface area contributed by atoms with Gasteiger partial charge in [0.15, 0.2) is 0 Å². The van der Waals surface area contributed by atoms with Gasteiger partial charge >= 0.3 is 0 Å². The Morgan fingerprint density at radius 2 is 1.26 bits per heavy atom. The standard InChI is InChI=1S/C24H27NO2/c1-4-25(23-9-5-7-17-11-13-19(26-2)15-21(17)23)24-10-6-8-18-12-14-20(27-3)16-22(18)24/h9-16H,4-8H2,1-3H3. The van der Waals surface area contributed by atoms with Crippen LogP contribution in [-0.4, -0.2) is 25.7 Å². The van der Waals surface area contributed by atoms with E-state index < -0.39 is 0 Å². The molecule has 0 aromatic heterocycles. The van der Waals surface area contributed by atoms with Gasteiger partial charge in [0.1, 0.15) is 11.5 Å². The van der Waals surface area contributed by atoms with Crippen molar-refractivity contribution in [3.63, 3.8) is 0 Å². The van der Waals surface area contributed by atoms with Crippen molar-refractivity contribution in [3.05, 3.63) is 70.8 Å². The molecule has 2 aromatic carbocycles. The summed E-state index contributed by atoms with van der Waals surface area (Å²) in [5.74, 6) is 1.83. The Hall–Kier alpha value is -2.68. The van der Waals surface area contributed by atoms with Crippen LogP contribution in [0.2, 0.25) is 0 Å². The van der Waals surface area contributed by atoms with Crippen molar-refractivity contribution in [2.45, 2.75) is 32.6 Å². The van der Waals surface area contributed by atoms with Gasteiger partial charge in [-0.1, -0.05) is 24.3 Å². The molecule has 2 aliphatic rings. The largest absolute Gasteiger partial charge is 0.497 e. The van der Waals surface area contributed by atoms with Gasteiger partial charge < -0.3 is 14.4 Å². The van der Waals surface area contributed by atoms with E-state index in [4.69, 9.17) is 9.47 Å². The highest BCUT2D eigenvalue weighted by molar-refractivity contribution is 5.81. The first-order valence-corrected chi connectivity index (χ1v) is 9.77. The van der Waals surface area contributed by atoms with Gasteiger partial charge in [-0.05, 0) is 68.0 Å². The lowest BCUT2D eigenvalue weighted by molar-refractivity contribution is 0.414. The van der Waals surface area contributed by atoms with Crippen molar-refractivity contribution >= 4 is 11.4 Å². The fourth-order valence-corrected chi connectivity index (χ4v) is 4.21. The van der Waals surface area contributed by atoms with Crippen molar-refractivity contribution < 1.29 is 9.47 Å². The second-order valence-electron chi connectivity index (χ2n) is 7.05. The molecule has 0 atom stereocenters. The van der Waals surface area contributed by atoms with Crippen LogP contribution in [0.5, 0.6) is 11.5 Å². The predicted octanol–water partition coefficient (Wildman–Crippen LogP) is 5.30. The molecule has 2 aliphatic carbocycles. The van der Waals surface area contributed by atoms with Gasteiger partial charge in [0, 0.05) is 29.1 Å².